The third kappa shape index (κ3) is 2.84. The van der Waals surface area contributed by atoms with Crippen molar-refractivity contribution in [3.63, 3.8) is 0 Å². The largest absolute Gasteiger partial charge is 0.465 e. The van der Waals surface area contributed by atoms with Crippen LogP contribution in [0.15, 0.2) is 30.3 Å². The van der Waals surface area contributed by atoms with Crippen LogP contribution in [0.25, 0.3) is 0 Å². The lowest BCUT2D eigenvalue weighted by Crippen LogP contribution is -2.51. The lowest BCUT2D eigenvalue weighted by Gasteiger charge is -2.43. The molecule has 1 rings (SSSR count). The van der Waals surface area contributed by atoms with Crippen LogP contribution in [-0.4, -0.2) is 21.6 Å². The number of hydrogen-bond acceptors (Lipinski definition) is 1. The third-order valence-corrected chi connectivity index (χ3v) is 3.91. The predicted molar refractivity (Wildman–Crippen MR) is 73.6 cm³/mol. The Morgan fingerprint density at radius 3 is 2.06 bits per heavy atom. The summed E-state index contributed by atoms with van der Waals surface area (Å²) in [6.45, 7) is 9.99. The van der Waals surface area contributed by atoms with Crippen LogP contribution in [0.2, 0.25) is 0 Å². The molecule has 1 amide bonds. The van der Waals surface area contributed by atoms with Crippen molar-refractivity contribution in [2.75, 3.05) is 0 Å². The molecule has 100 valence electrons. The van der Waals surface area contributed by atoms with E-state index in [2.05, 4.69) is 0 Å². The normalized spacial score (nSPS) is 13.4. The standard InChI is InChI=1S/C15H23NO2/c1-11(2)15(4,5)16(14(17)18)12(3)13-9-7-6-8-10-13/h6-12H,1-5H3,(H,17,18). The summed E-state index contributed by atoms with van der Waals surface area (Å²) in [5.74, 6) is 0.250. The van der Waals surface area contributed by atoms with E-state index < -0.39 is 11.6 Å². The Morgan fingerprint density at radius 2 is 1.67 bits per heavy atom. The fourth-order valence-corrected chi connectivity index (χ4v) is 2.07. The smallest absolute Gasteiger partial charge is 0.408 e. The molecular formula is C15H23NO2. The van der Waals surface area contributed by atoms with Gasteiger partial charge >= 0.3 is 6.09 Å². The number of amides is 1. The number of nitrogens with zero attached hydrogens (tertiary/aromatic N) is 1. The van der Waals surface area contributed by atoms with Gasteiger partial charge in [-0.15, -0.1) is 0 Å². The minimum Gasteiger partial charge on any atom is -0.465 e. The highest BCUT2D eigenvalue weighted by Gasteiger charge is 2.37. The number of hydrogen-bond donors (Lipinski definition) is 1. The van der Waals surface area contributed by atoms with E-state index >= 15 is 0 Å². The van der Waals surface area contributed by atoms with Gasteiger partial charge < -0.3 is 5.11 Å². The molecule has 0 heterocycles. The van der Waals surface area contributed by atoms with E-state index in [0.717, 1.165) is 5.56 Å². The molecule has 3 heteroatoms. The summed E-state index contributed by atoms with van der Waals surface area (Å²) >= 11 is 0. The maximum absolute atomic E-state index is 11.6. The average Bonchev–Trinajstić information content (AvgIpc) is 2.29. The number of carboxylic acid groups (broad SMARTS) is 1. The van der Waals surface area contributed by atoms with Crippen LogP contribution in [0.5, 0.6) is 0 Å². The highest BCUT2D eigenvalue weighted by molar-refractivity contribution is 5.67. The van der Waals surface area contributed by atoms with Crippen molar-refractivity contribution in [3.8, 4) is 0 Å². The molecule has 0 bridgehead atoms. The summed E-state index contributed by atoms with van der Waals surface area (Å²) in [6, 6.07) is 9.60. The Hall–Kier alpha value is -1.51. The average molecular weight is 249 g/mol. The minimum absolute atomic E-state index is 0.152. The number of rotatable bonds is 4. The van der Waals surface area contributed by atoms with E-state index in [1.165, 1.54) is 0 Å². The van der Waals surface area contributed by atoms with Gasteiger partial charge in [0.15, 0.2) is 0 Å². The molecule has 1 atom stereocenters. The van der Waals surface area contributed by atoms with Gasteiger partial charge in [0.1, 0.15) is 0 Å². The predicted octanol–water partition coefficient (Wildman–Crippen LogP) is 4.16. The molecule has 0 spiro atoms. The summed E-state index contributed by atoms with van der Waals surface area (Å²) in [5, 5.41) is 9.52. The van der Waals surface area contributed by atoms with Gasteiger partial charge in [0.05, 0.1) is 6.04 Å². The van der Waals surface area contributed by atoms with Crippen LogP contribution < -0.4 is 0 Å². The molecule has 3 nitrogen and oxygen atoms in total. The highest BCUT2D eigenvalue weighted by atomic mass is 16.4. The van der Waals surface area contributed by atoms with Crippen LogP contribution >= 0.6 is 0 Å². The van der Waals surface area contributed by atoms with Gasteiger partial charge in [-0.25, -0.2) is 4.79 Å². The molecule has 1 unspecified atom stereocenters. The van der Waals surface area contributed by atoms with Crippen molar-refractivity contribution in [1.29, 1.82) is 0 Å². The van der Waals surface area contributed by atoms with Gasteiger partial charge in [-0.1, -0.05) is 44.2 Å². The van der Waals surface area contributed by atoms with Gasteiger partial charge in [-0.05, 0) is 32.3 Å². The third-order valence-electron chi connectivity index (χ3n) is 3.91. The second-order valence-electron chi connectivity index (χ2n) is 5.55. The van der Waals surface area contributed by atoms with Crippen molar-refractivity contribution < 1.29 is 9.90 Å². The van der Waals surface area contributed by atoms with E-state index in [0.29, 0.717) is 0 Å². The highest BCUT2D eigenvalue weighted by Crippen LogP contribution is 2.32. The molecule has 0 saturated heterocycles. The summed E-state index contributed by atoms with van der Waals surface area (Å²) < 4.78 is 0. The first kappa shape index (κ1) is 14.6. The molecule has 0 saturated carbocycles. The summed E-state index contributed by atoms with van der Waals surface area (Å²) in [5.41, 5.74) is 0.620. The van der Waals surface area contributed by atoms with E-state index in [1.54, 1.807) is 4.90 Å². The molecule has 0 aromatic heterocycles. The fourth-order valence-electron chi connectivity index (χ4n) is 2.07. The zero-order valence-electron chi connectivity index (χ0n) is 11.8. The monoisotopic (exact) mass is 249 g/mol. The Kier molecular flexibility index (Phi) is 4.38. The Balaban J connectivity index is 3.11. The number of benzene rings is 1. The first-order valence-electron chi connectivity index (χ1n) is 6.35. The minimum atomic E-state index is -0.870. The zero-order valence-corrected chi connectivity index (χ0v) is 11.8. The molecule has 0 fully saturated rings. The Morgan fingerprint density at radius 1 is 1.17 bits per heavy atom. The van der Waals surface area contributed by atoms with Crippen molar-refractivity contribution in [2.24, 2.45) is 5.92 Å². The lowest BCUT2D eigenvalue weighted by atomic mass is 9.87. The molecule has 1 aromatic carbocycles. The van der Waals surface area contributed by atoms with Crippen molar-refractivity contribution in [1.82, 2.24) is 4.90 Å². The Labute approximate surface area is 109 Å². The molecule has 1 aromatic rings. The van der Waals surface area contributed by atoms with Crippen LogP contribution in [0.1, 0.15) is 46.2 Å². The molecule has 0 aliphatic carbocycles. The second kappa shape index (κ2) is 5.42. The Bertz CT molecular complexity index is 398. The maximum Gasteiger partial charge on any atom is 0.408 e. The topological polar surface area (TPSA) is 40.5 Å². The van der Waals surface area contributed by atoms with E-state index in [9.17, 15) is 9.90 Å². The van der Waals surface area contributed by atoms with Crippen molar-refractivity contribution >= 4 is 6.09 Å². The van der Waals surface area contributed by atoms with E-state index in [1.807, 2.05) is 65.0 Å². The fraction of sp³-hybridized carbons (Fsp3) is 0.533. The summed E-state index contributed by atoms with van der Waals surface area (Å²) in [6.07, 6.45) is -0.870. The lowest BCUT2D eigenvalue weighted by molar-refractivity contribution is 0.0418. The van der Waals surface area contributed by atoms with Crippen LogP contribution in [0.3, 0.4) is 0 Å². The number of carbonyl (C=O) groups is 1. The van der Waals surface area contributed by atoms with E-state index in [4.69, 9.17) is 0 Å². The van der Waals surface area contributed by atoms with Crippen molar-refractivity contribution in [2.45, 2.75) is 46.2 Å². The van der Waals surface area contributed by atoms with Gasteiger partial charge in [0.2, 0.25) is 0 Å². The molecule has 1 N–H and O–H groups in total. The maximum atomic E-state index is 11.6. The first-order chi connectivity index (χ1) is 8.28. The quantitative estimate of drug-likeness (QED) is 0.870. The second-order valence-corrected chi connectivity index (χ2v) is 5.55. The first-order valence-corrected chi connectivity index (χ1v) is 6.35. The SMILES string of the molecule is CC(c1ccccc1)N(C(=O)O)C(C)(C)C(C)C. The van der Waals surface area contributed by atoms with Gasteiger partial charge in [0, 0.05) is 5.54 Å². The zero-order chi connectivity index (χ0) is 13.9. The van der Waals surface area contributed by atoms with Crippen LogP contribution in [-0.2, 0) is 0 Å². The molecule has 18 heavy (non-hydrogen) atoms. The van der Waals surface area contributed by atoms with Crippen molar-refractivity contribution in [3.05, 3.63) is 35.9 Å². The van der Waals surface area contributed by atoms with Crippen LogP contribution in [0.4, 0.5) is 4.79 Å². The van der Waals surface area contributed by atoms with Gasteiger partial charge in [-0.3, -0.25) is 4.90 Å². The molecule has 0 aliphatic rings. The van der Waals surface area contributed by atoms with Gasteiger partial charge in [-0.2, -0.15) is 0 Å². The summed E-state index contributed by atoms with van der Waals surface area (Å²) in [4.78, 5) is 13.1. The summed E-state index contributed by atoms with van der Waals surface area (Å²) in [7, 11) is 0. The van der Waals surface area contributed by atoms with Gasteiger partial charge in [0.25, 0.3) is 0 Å². The van der Waals surface area contributed by atoms with Crippen LogP contribution in [0, 0.1) is 5.92 Å². The molecule has 0 aliphatic heterocycles. The molecule has 0 radical (unpaired) electrons. The molecular weight excluding hydrogens is 226 g/mol. The van der Waals surface area contributed by atoms with E-state index in [-0.39, 0.29) is 12.0 Å².